The molecule has 0 amide bonds. The Morgan fingerprint density at radius 2 is 2.05 bits per heavy atom. The van der Waals surface area contributed by atoms with Crippen LogP contribution in [-0.2, 0) is 9.53 Å². The Labute approximate surface area is 125 Å². The molecule has 6 heteroatoms. The topological polar surface area (TPSA) is 68.5 Å². The van der Waals surface area contributed by atoms with Gasteiger partial charge in [-0.05, 0) is 43.7 Å². The van der Waals surface area contributed by atoms with Crippen LogP contribution in [0.5, 0.6) is 0 Å². The summed E-state index contributed by atoms with van der Waals surface area (Å²) >= 11 is 0. The van der Waals surface area contributed by atoms with Gasteiger partial charge in [0.15, 0.2) is 0 Å². The van der Waals surface area contributed by atoms with Crippen molar-refractivity contribution in [1.82, 2.24) is 10.1 Å². The third kappa shape index (κ3) is 4.19. The zero-order chi connectivity index (χ0) is 15.2. The van der Waals surface area contributed by atoms with Gasteiger partial charge in [0, 0.05) is 13.1 Å². The van der Waals surface area contributed by atoms with Gasteiger partial charge in [-0.1, -0.05) is 13.8 Å². The standard InChI is InChI=1S/C15H25N3O3/c1-4-20-14(19)12(10-11(2)3)13-16-15(17-21-13)18-8-6-5-7-9-18/h11-12H,4-10H2,1-3H3. The Kier molecular flexibility index (Phi) is 5.59. The predicted octanol–water partition coefficient (Wildman–Crippen LogP) is 2.75. The summed E-state index contributed by atoms with van der Waals surface area (Å²) in [5.41, 5.74) is 0. The number of carbonyl (C=O) groups excluding carboxylic acids is 1. The van der Waals surface area contributed by atoms with Crippen molar-refractivity contribution < 1.29 is 14.1 Å². The van der Waals surface area contributed by atoms with Crippen molar-refractivity contribution >= 4 is 11.9 Å². The number of rotatable bonds is 6. The zero-order valence-electron chi connectivity index (χ0n) is 13.2. The van der Waals surface area contributed by atoms with Crippen LogP contribution in [0.2, 0.25) is 0 Å². The molecule has 0 saturated carbocycles. The van der Waals surface area contributed by atoms with E-state index < -0.39 is 5.92 Å². The van der Waals surface area contributed by atoms with Crippen molar-refractivity contribution in [3.63, 3.8) is 0 Å². The lowest BCUT2D eigenvalue weighted by Gasteiger charge is -2.24. The Morgan fingerprint density at radius 1 is 1.33 bits per heavy atom. The molecule has 118 valence electrons. The highest BCUT2D eigenvalue weighted by Gasteiger charge is 2.30. The number of carbonyl (C=O) groups is 1. The van der Waals surface area contributed by atoms with Crippen molar-refractivity contribution in [3.8, 4) is 0 Å². The quantitative estimate of drug-likeness (QED) is 0.752. The molecule has 1 aliphatic rings. The SMILES string of the molecule is CCOC(=O)C(CC(C)C)c1nc(N2CCCCC2)no1. The molecule has 2 heterocycles. The van der Waals surface area contributed by atoms with Crippen LogP contribution in [0.25, 0.3) is 0 Å². The second kappa shape index (κ2) is 7.43. The van der Waals surface area contributed by atoms with Gasteiger partial charge < -0.3 is 14.2 Å². The zero-order valence-corrected chi connectivity index (χ0v) is 13.2. The van der Waals surface area contributed by atoms with Crippen LogP contribution in [0.4, 0.5) is 5.95 Å². The maximum absolute atomic E-state index is 12.1. The van der Waals surface area contributed by atoms with Crippen LogP contribution < -0.4 is 4.90 Å². The lowest BCUT2D eigenvalue weighted by atomic mass is 9.97. The minimum Gasteiger partial charge on any atom is -0.465 e. The second-order valence-corrected chi connectivity index (χ2v) is 5.91. The van der Waals surface area contributed by atoms with E-state index in [1.54, 1.807) is 6.92 Å². The molecule has 2 rings (SSSR count). The highest BCUT2D eigenvalue weighted by Crippen LogP contribution is 2.26. The molecular formula is C15H25N3O3. The number of aromatic nitrogens is 2. The summed E-state index contributed by atoms with van der Waals surface area (Å²) in [6.45, 7) is 8.20. The minimum absolute atomic E-state index is 0.278. The summed E-state index contributed by atoms with van der Waals surface area (Å²) in [5.74, 6) is 0.589. The van der Waals surface area contributed by atoms with E-state index in [0.717, 1.165) is 25.9 Å². The van der Waals surface area contributed by atoms with E-state index in [0.29, 0.717) is 30.8 Å². The molecule has 1 aliphatic heterocycles. The van der Waals surface area contributed by atoms with E-state index in [-0.39, 0.29) is 5.97 Å². The highest BCUT2D eigenvalue weighted by atomic mass is 16.5. The summed E-state index contributed by atoms with van der Waals surface area (Å²) < 4.78 is 10.5. The van der Waals surface area contributed by atoms with Crippen molar-refractivity contribution in [3.05, 3.63) is 5.89 Å². The number of piperidine rings is 1. The molecular weight excluding hydrogens is 270 g/mol. The van der Waals surface area contributed by atoms with Crippen molar-refractivity contribution in [1.29, 1.82) is 0 Å². The van der Waals surface area contributed by atoms with Crippen molar-refractivity contribution in [2.75, 3.05) is 24.6 Å². The molecule has 0 aromatic carbocycles. The van der Waals surface area contributed by atoms with Gasteiger partial charge in [-0.15, -0.1) is 0 Å². The summed E-state index contributed by atoms with van der Waals surface area (Å²) in [5, 5.41) is 4.04. The molecule has 0 radical (unpaired) electrons. The number of hydrogen-bond donors (Lipinski definition) is 0. The second-order valence-electron chi connectivity index (χ2n) is 5.91. The third-order valence-electron chi connectivity index (χ3n) is 3.65. The smallest absolute Gasteiger partial charge is 0.318 e. The number of hydrogen-bond acceptors (Lipinski definition) is 6. The number of ether oxygens (including phenoxy) is 1. The Morgan fingerprint density at radius 3 is 2.67 bits per heavy atom. The third-order valence-corrected chi connectivity index (χ3v) is 3.65. The van der Waals surface area contributed by atoms with Crippen LogP contribution in [0.1, 0.15) is 58.3 Å². The molecule has 21 heavy (non-hydrogen) atoms. The lowest BCUT2D eigenvalue weighted by molar-refractivity contribution is -0.146. The van der Waals surface area contributed by atoms with E-state index in [9.17, 15) is 4.79 Å². The van der Waals surface area contributed by atoms with Gasteiger partial charge in [-0.3, -0.25) is 4.79 Å². The number of nitrogens with zero attached hydrogens (tertiary/aromatic N) is 3. The van der Waals surface area contributed by atoms with Gasteiger partial charge in [-0.25, -0.2) is 0 Å². The number of esters is 1. The molecule has 1 unspecified atom stereocenters. The molecule has 0 spiro atoms. The van der Waals surface area contributed by atoms with E-state index in [1.165, 1.54) is 6.42 Å². The van der Waals surface area contributed by atoms with Gasteiger partial charge in [0.2, 0.25) is 5.89 Å². The maximum atomic E-state index is 12.1. The first-order valence-electron chi connectivity index (χ1n) is 7.87. The molecule has 1 saturated heterocycles. The van der Waals surface area contributed by atoms with Gasteiger partial charge in [0.25, 0.3) is 5.95 Å². The molecule has 1 atom stereocenters. The summed E-state index contributed by atoms with van der Waals surface area (Å²) in [4.78, 5) is 18.7. The fourth-order valence-electron chi connectivity index (χ4n) is 2.60. The molecule has 0 bridgehead atoms. The van der Waals surface area contributed by atoms with Crippen LogP contribution >= 0.6 is 0 Å². The summed E-state index contributed by atoms with van der Waals surface area (Å²) in [7, 11) is 0. The van der Waals surface area contributed by atoms with Crippen molar-refractivity contribution in [2.45, 2.75) is 52.4 Å². The molecule has 0 N–H and O–H groups in total. The Balaban J connectivity index is 2.12. The normalized spacial score (nSPS) is 17.0. The summed E-state index contributed by atoms with van der Waals surface area (Å²) in [6, 6.07) is 0. The first-order chi connectivity index (χ1) is 10.1. The monoisotopic (exact) mass is 295 g/mol. The molecule has 1 fully saturated rings. The van der Waals surface area contributed by atoms with Crippen LogP contribution in [-0.4, -0.2) is 35.8 Å². The highest BCUT2D eigenvalue weighted by molar-refractivity contribution is 5.76. The Hall–Kier alpha value is -1.59. The lowest BCUT2D eigenvalue weighted by Crippen LogP contribution is -2.30. The van der Waals surface area contributed by atoms with E-state index in [2.05, 4.69) is 28.9 Å². The first kappa shape index (κ1) is 15.8. The maximum Gasteiger partial charge on any atom is 0.318 e. The van der Waals surface area contributed by atoms with Crippen LogP contribution in [0, 0.1) is 5.92 Å². The van der Waals surface area contributed by atoms with E-state index >= 15 is 0 Å². The van der Waals surface area contributed by atoms with E-state index in [4.69, 9.17) is 9.26 Å². The average Bonchev–Trinajstić information content (AvgIpc) is 2.95. The van der Waals surface area contributed by atoms with Gasteiger partial charge in [0.1, 0.15) is 5.92 Å². The fraction of sp³-hybridized carbons (Fsp3) is 0.800. The first-order valence-corrected chi connectivity index (χ1v) is 7.87. The molecule has 1 aromatic heterocycles. The van der Waals surface area contributed by atoms with Crippen LogP contribution in [0.3, 0.4) is 0 Å². The Bertz CT molecular complexity index is 453. The molecule has 0 aliphatic carbocycles. The van der Waals surface area contributed by atoms with Gasteiger partial charge in [0.05, 0.1) is 6.61 Å². The van der Waals surface area contributed by atoms with Gasteiger partial charge in [-0.2, -0.15) is 4.98 Å². The summed E-state index contributed by atoms with van der Waals surface area (Å²) in [6.07, 6.45) is 4.20. The molecule has 1 aromatic rings. The minimum atomic E-state index is -0.462. The molecule has 6 nitrogen and oxygen atoms in total. The van der Waals surface area contributed by atoms with Crippen LogP contribution in [0.15, 0.2) is 4.52 Å². The predicted molar refractivity (Wildman–Crippen MR) is 79.2 cm³/mol. The largest absolute Gasteiger partial charge is 0.465 e. The van der Waals surface area contributed by atoms with E-state index in [1.807, 2.05) is 0 Å². The van der Waals surface area contributed by atoms with Gasteiger partial charge >= 0.3 is 5.97 Å². The van der Waals surface area contributed by atoms with Crippen molar-refractivity contribution in [2.24, 2.45) is 5.92 Å². The fourth-order valence-corrected chi connectivity index (χ4v) is 2.60. The number of anilines is 1. The average molecular weight is 295 g/mol.